The first kappa shape index (κ1) is 49.7. The van der Waals surface area contributed by atoms with Gasteiger partial charge in [0.2, 0.25) is 0 Å². The van der Waals surface area contributed by atoms with E-state index < -0.39 is 23.1 Å². The standard InChI is InChI=1S/2C15H17NO.C10H10O4.C10H8O4.CH4O/c2*1-12(16)15(17,13-8-4-2-5-9-13)14-10-6-3-7-11-14;2*11-7-1-2-8-6(3-10(12)13)5-14-9(8)4-7;1-2/h2*2-12,17H,16H2,1H3;1-2,4,6,11H,3,5H2,(H,12,13);1-2,4-5,11H,3H2,(H,12,13);2H,1H3/t2*12-;6-;;/m001../s1. The van der Waals surface area contributed by atoms with Crippen molar-refractivity contribution in [3.63, 3.8) is 0 Å². The number of carboxylic acid groups (broad SMARTS) is 2. The molecule has 336 valence electrons. The number of carboxylic acids is 2. The number of benzene rings is 6. The Morgan fingerprint density at radius 2 is 1.03 bits per heavy atom. The van der Waals surface area contributed by atoms with Gasteiger partial charge in [-0.1, -0.05) is 127 Å². The fourth-order valence-electron chi connectivity index (χ4n) is 7.17. The third kappa shape index (κ3) is 12.6. The minimum atomic E-state index is -1.14. The zero-order valence-electron chi connectivity index (χ0n) is 35.9. The van der Waals surface area contributed by atoms with Gasteiger partial charge in [0.1, 0.15) is 34.0 Å². The minimum absolute atomic E-state index is 0.0672. The summed E-state index contributed by atoms with van der Waals surface area (Å²) in [5.74, 6) is -0.992. The van der Waals surface area contributed by atoms with Gasteiger partial charge in [0.15, 0.2) is 0 Å². The van der Waals surface area contributed by atoms with Crippen LogP contribution < -0.4 is 16.2 Å². The fourth-order valence-corrected chi connectivity index (χ4v) is 7.17. The zero-order valence-corrected chi connectivity index (χ0v) is 35.9. The number of phenolic OH excluding ortho intramolecular Hbond substituents is 2. The molecule has 11 N–H and O–H groups in total. The number of aliphatic hydroxyl groups is 3. The zero-order chi connectivity index (χ0) is 46.9. The number of aromatic hydroxyl groups is 2. The van der Waals surface area contributed by atoms with Gasteiger partial charge in [-0.15, -0.1) is 0 Å². The predicted molar refractivity (Wildman–Crippen MR) is 245 cm³/mol. The van der Waals surface area contributed by atoms with Crippen molar-refractivity contribution < 1.29 is 54.5 Å². The molecule has 0 bridgehead atoms. The number of aliphatic hydroxyl groups excluding tert-OH is 1. The lowest BCUT2D eigenvalue weighted by molar-refractivity contribution is -0.138. The van der Waals surface area contributed by atoms with E-state index in [0.29, 0.717) is 23.5 Å². The van der Waals surface area contributed by atoms with Crippen LogP contribution in [0.1, 0.15) is 59.6 Å². The second-order valence-electron chi connectivity index (χ2n) is 14.9. The molecule has 1 aliphatic rings. The second-order valence-corrected chi connectivity index (χ2v) is 14.9. The molecule has 13 heteroatoms. The summed E-state index contributed by atoms with van der Waals surface area (Å²) in [6, 6.07) is 46.8. The molecule has 0 unspecified atom stereocenters. The summed E-state index contributed by atoms with van der Waals surface area (Å²) >= 11 is 0. The van der Waals surface area contributed by atoms with E-state index in [9.17, 15) is 19.8 Å². The van der Waals surface area contributed by atoms with Crippen LogP contribution in [0.3, 0.4) is 0 Å². The Bertz CT molecular complexity index is 2320. The smallest absolute Gasteiger partial charge is 0.307 e. The average Bonchev–Trinajstić information content (AvgIpc) is 3.89. The molecule has 0 radical (unpaired) electrons. The Morgan fingerprint density at radius 1 is 0.625 bits per heavy atom. The molecule has 8 rings (SSSR count). The Morgan fingerprint density at radius 3 is 1.42 bits per heavy atom. The number of fused-ring (bicyclic) bond motifs is 2. The first-order chi connectivity index (χ1) is 30.6. The van der Waals surface area contributed by atoms with Gasteiger partial charge in [-0.05, 0) is 54.3 Å². The predicted octanol–water partition coefficient (Wildman–Crippen LogP) is 7.26. The Labute approximate surface area is 372 Å². The second kappa shape index (κ2) is 23.4. The molecule has 64 heavy (non-hydrogen) atoms. The molecule has 0 spiro atoms. The van der Waals surface area contributed by atoms with Gasteiger partial charge < -0.3 is 56.4 Å². The van der Waals surface area contributed by atoms with Crippen molar-refractivity contribution >= 4 is 22.9 Å². The van der Waals surface area contributed by atoms with Crippen LogP contribution in [0.5, 0.6) is 17.2 Å². The van der Waals surface area contributed by atoms with Gasteiger partial charge in [0.05, 0.1) is 25.7 Å². The maximum Gasteiger partial charge on any atom is 0.307 e. The molecule has 0 fully saturated rings. The molecule has 0 aliphatic carbocycles. The lowest BCUT2D eigenvalue weighted by atomic mass is 9.81. The first-order valence-corrected chi connectivity index (χ1v) is 20.4. The highest BCUT2D eigenvalue weighted by Gasteiger charge is 2.36. The van der Waals surface area contributed by atoms with Gasteiger partial charge in [-0.25, -0.2) is 0 Å². The summed E-state index contributed by atoms with van der Waals surface area (Å²) in [5.41, 5.74) is 15.0. The SMILES string of the molecule is CO.C[C@H](N)C(O)(c1ccccc1)c1ccccc1.C[C@H](N)C(O)(c1ccccc1)c1ccccc1.O=C(O)C[C@@H]1COc2cc(O)ccc21.O=C(O)Cc1coc2cc(O)ccc12. The van der Waals surface area contributed by atoms with Crippen molar-refractivity contribution in [3.8, 4) is 17.2 Å². The monoisotopic (exact) mass is 872 g/mol. The van der Waals surface area contributed by atoms with Crippen molar-refractivity contribution in [3.05, 3.63) is 197 Å². The number of aliphatic carboxylic acids is 2. The quantitative estimate of drug-likeness (QED) is 0.0658. The topological polar surface area (TPSA) is 250 Å². The number of nitrogens with two attached hydrogens (primary N) is 2. The van der Waals surface area contributed by atoms with Crippen LogP contribution in [0.25, 0.3) is 11.0 Å². The number of phenols is 2. The summed E-state index contributed by atoms with van der Waals surface area (Å²) in [4.78, 5) is 21.0. The molecule has 13 nitrogen and oxygen atoms in total. The molecular formula is C51H56N2O11. The Balaban J connectivity index is 0.000000185. The number of carbonyl (C=O) groups is 2. The van der Waals surface area contributed by atoms with Crippen LogP contribution in [-0.4, -0.2) is 73.5 Å². The molecule has 1 aromatic heterocycles. The van der Waals surface area contributed by atoms with Crippen molar-refractivity contribution in [1.29, 1.82) is 0 Å². The van der Waals surface area contributed by atoms with E-state index in [1.54, 1.807) is 18.2 Å². The molecule has 6 aromatic carbocycles. The Hall–Kier alpha value is -7.00. The van der Waals surface area contributed by atoms with Crippen LogP contribution in [0.2, 0.25) is 0 Å². The average molecular weight is 873 g/mol. The molecule has 0 saturated carbocycles. The summed E-state index contributed by atoms with van der Waals surface area (Å²) in [7, 11) is 1.00. The van der Waals surface area contributed by atoms with Crippen LogP contribution in [-0.2, 0) is 27.2 Å². The highest BCUT2D eigenvalue weighted by molar-refractivity contribution is 5.86. The lowest BCUT2D eigenvalue weighted by Gasteiger charge is -2.33. The molecule has 0 saturated heterocycles. The normalized spacial score (nSPS) is 13.6. The van der Waals surface area contributed by atoms with E-state index in [1.165, 1.54) is 24.5 Å². The van der Waals surface area contributed by atoms with Gasteiger partial charge in [-0.2, -0.15) is 0 Å². The van der Waals surface area contributed by atoms with Crippen LogP contribution in [0.4, 0.5) is 0 Å². The molecule has 1 aliphatic heterocycles. The molecule has 0 amide bonds. The maximum atomic E-state index is 10.9. The van der Waals surface area contributed by atoms with E-state index in [0.717, 1.165) is 40.3 Å². The Kier molecular flexibility index (Phi) is 18.2. The van der Waals surface area contributed by atoms with Gasteiger partial charge >= 0.3 is 11.9 Å². The maximum absolute atomic E-state index is 10.9. The highest BCUT2D eigenvalue weighted by atomic mass is 16.5. The number of hydrogen-bond acceptors (Lipinski definition) is 11. The van der Waals surface area contributed by atoms with Crippen LogP contribution >= 0.6 is 0 Å². The number of ether oxygens (including phenoxy) is 1. The van der Waals surface area contributed by atoms with E-state index in [1.807, 2.05) is 135 Å². The molecule has 7 aromatic rings. The summed E-state index contributed by atoms with van der Waals surface area (Å²) in [5, 5.41) is 65.1. The van der Waals surface area contributed by atoms with Crippen LogP contribution in [0, 0.1) is 0 Å². The minimum Gasteiger partial charge on any atom is -0.508 e. The first-order valence-electron chi connectivity index (χ1n) is 20.4. The number of furan rings is 1. The van der Waals surface area contributed by atoms with E-state index >= 15 is 0 Å². The van der Waals surface area contributed by atoms with E-state index in [-0.39, 0.29) is 42.3 Å². The highest BCUT2D eigenvalue weighted by Crippen LogP contribution is 2.38. The van der Waals surface area contributed by atoms with Crippen molar-refractivity contribution in [2.45, 2.75) is 55.9 Å². The van der Waals surface area contributed by atoms with E-state index in [4.69, 9.17) is 46.2 Å². The van der Waals surface area contributed by atoms with Gasteiger partial charge in [0, 0.05) is 53.8 Å². The molecule has 3 atom stereocenters. The molecular weight excluding hydrogens is 817 g/mol. The fraction of sp³-hybridized carbons (Fsp3) is 0.216. The van der Waals surface area contributed by atoms with Crippen molar-refractivity contribution in [2.24, 2.45) is 11.5 Å². The largest absolute Gasteiger partial charge is 0.508 e. The molecule has 2 heterocycles. The summed E-state index contributed by atoms with van der Waals surface area (Å²) < 4.78 is 10.4. The van der Waals surface area contributed by atoms with Crippen LogP contribution in [0.15, 0.2) is 168 Å². The van der Waals surface area contributed by atoms with Gasteiger partial charge in [0.25, 0.3) is 0 Å². The van der Waals surface area contributed by atoms with Crippen molar-refractivity contribution in [2.75, 3.05) is 13.7 Å². The summed E-state index contributed by atoms with van der Waals surface area (Å²) in [6.45, 7) is 4.02. The van der Waals surface area contributed by atoms with E-state index in [2.05, 4.69) is 0 Å². The third-order valence-corrected chi connectivity index (χ3v) is 10.5. The number of rotatable bonds is 10. The third-order valence-electron chi connectivity index (χ3n) is 10.5. The number of hydrogen-bond donors (Lipinski definition) is 9. The van der Waals surface area contributed by atoms with Gasteiger partial charge in [-0.3, -0.25) is 9.59 Å². The summed E-state index contributed by atoms with van der Waals surface area (Å²) in [6.07, 6.45) is 1.40. The van der Waals surface area contributed by atoms with Crippen molar-refractivity contribution in [1.82, 2.24) is 0 Å². The lowest BCUT2D eigenvalue weighted by Crippen LogP contribution is -2.44.